The standard InChI is InChI=1S/C36H18N8O8/c45-33(46)21-9-17-19(11-23(21)35(49)50)31-42-29(17)40-27-15-7-3-1-5-13(15)25(38-27)37-26-14-6-2-4-8-16(14)28(39-26)41-30-18-10-22(34(47)48)24(36(51)52)12-20(18)32(43-30)44-31/h1-12H,(H,45,46)(H,47,48)(H,49,50)(H,51,52)(H2,37,38,39,40,41,42,43,44). The van der Waals surface area contributed by atoms with Crippen molar-refractivity contribution in [3.05, 3.63) is 95.1 Å². The largest absolute Gasteiger partial charge is 0.478 e. The van der Waals surface area contributed by atoms with Crippen LogP contribution in [0.15, 0.2) is 72.8 Å². The molecule has 8 bridgehead atoms. The van der Waals surface area contributed by atoms with Gasteiger partial charge in [0.05, 0.1) is 22.3 Å². The van der Waals surface area contributed by atoms with Crippen LogP contribution in [0, 0.1) is 0 Å². The van der Waals surface area contributed by atoms with Gasteiger partial charge in [-0.05, 0) is 24.3 Å². The fraction of sp³-hybridized carbons (Fsp3) is 0. The molecule has 0 saturated heterocycles. The second-order valence-electron chi connectivity index (χ2n) is 11.8. The smallest absolute Gasteiger partial charge is 0.336 e. The van der Waals surface area contributed by atoms with Crippen LogP contribution in [-0.2, 0) is 0 Å². The number of H-pyrrole nitrogens is 2. The minimum absolute atomic E-state index is 0.00111. The first-order chi connectivity index (χ1) is 25.0. The van der Waals surface area contributed by atoms with Crippen LogP contribution < -0.4 is 0 Å². The van der Waals surface area contributed by atoms with E-state index in [1.165, 1.54) is 6.07 Å². The molecule has 0 fully saturated rings. The second-order valence-corrected chi connectivity index (χ2v) is 11.8. The number of benzene rings is 4. The third kappa shape index (κ3) is 4.48. The topological polar surface area (TPSA) is 258 Å². The zero-order chi connectivity index (χ0) is 36.0. The first-order valence-electron chi connectivity index (χ1n) is 15.4. The van der Waals surface area contributed by atoms with Gasteiger partial charge >= 0.3 is 23.9 Å². The van der Waals surface area contributed by atoms with Crippen LogP contribution in [0.1, 0.15) is 41.4 Å². The highest BCUT2D eigenvalue weighted by Gasteiger charge is 2.28. The van der Waals surface area contributed by atoms with Gasteiger partial charge in [0.25, 0.3) is 0 Å². The van der Waals surface area contributed by atoms with Crippen molar-refractivity contribution >= 4 is 68.0 Å². The Morgan fingerprint density at radius 1 is 0.385 bits per heavy atom. The molecule has 52 heavy (non-hydrogen) atoms. The number of hydrogen-bond donors (Lipinski definition) is 6. The summed E-state index contributed by atoms with van der Waals surface area (Å²) in [5, 5.41) is 41.4. The number of hydrogen-bond acceptors (Lipinski definition) is 10. The third-order valence-electron chi connectivity index (χ3n) is 8.84. The van der Waals surface area contributed by atoms with Gasteiger partial charge in [0.1, 0.15) is 22.6 Å². The zero-order valence-electron chi connectivity index (χ0n) is 26.0. The highest BCUT2D eigenvalue weighted by Crippen LogP contribution is 2.38. The molecule has 250 valence electrons. The summed E-state index contributed by atoms with van der Waals surface area (Å²) in [5.74, 6) is -5.52. The summed E-state index contributed by atoms with van der Waals surface area (Å²) in [6.07, 6.45) is 0. The van der Waals surface area contributed by atoms with Crippen LogP contribution in [0.4, 0.5) is 0 Å². The average molecular weight is 691 g/mol. The molecule has 0 aliphatic carbocycles. The minimum Gasteiger partial charge on any atom is -0.478 e. The molecule has 0 saturated carbocycles. The first kappa shape index (κ1) is 30.2. The Labute approximate surface area is 287 Å². The SMILES string of the molecule is O=C(O)c1cc2c(cc1C(=O)O)-c1nc-2nc2[nH]c(nc3nc(nc4[nH]c(n1)c1cc(C(=O)O)c(C(=O)O)cc41)-c1ccccc1-3)c1ccccc21. The first-order valence-corrected chi connectivity index (χ1v) is 15.4. The summed E-state index contributed by atoms with van der Waals surface area (Å²) in [6, 6.07) is 19.2. The Bertz CT molecular complexity index is 3000. The molecule has 2 aliphatic heterocycles. The number of fused-ring (bicyclic) bond motifs is 20. The van der Waals surface area contributed by atoms with E-state index in [-0.39, 0.29) is 50.7 Å². The summed E-state index contributed by atoms with van der Waals surface area (Å²) in [6.45, 7) is 0. The number of nitrogens with one attached hydrogen (secondary N) is 2. The lowest BCUT2D eigenvalue weighted by atomic mass is 9.98. The van der Waals surface area contributed by atoms with Crippen LogP contribution in [0.5, 0.6) is 0 Å². The van der Waals surface area contributed by atoms with Gasteiger partial charge in [-0.25, -0.2) is 49.1 Å². The predicted octanol–water partition coefficient (Wildman–Crippen LogP) is 5.66. The maximum atomic E-state index is 12.2. The molecule has 5 heterocycles. The van der Waals surface area contributed by atoms with Gasteiger partial charge in [-0.3, -0.25) is 0 Å². The molecule has 16 nitrogen and oxygen atoms in total. The Hall–Kier alpha value is -7.88. The number of carboxylic acid groups (broad SMARTS) is 4. The molecular formula is C36H18N8O8. The van der Waals surface area contributed by atoms with Gasteiger partial charge in [0.15, 0.2) is 23.3 Å². The van der Waals surface area contributed by atoms with Crippen LogP contribution in [-0.4, -0.2) is 84.2 Å². The molecule has 7 aromatic rings. The summed E-state index contributed by atoms with van der Waals surface area (Å²) in [5.41, 5.74) is 0.323. The van der Waals surface area contributed by atoms with Crippen molar-refractivity contribution in [2.24, 2.45) is 0 Å². The zero-order valence-corrected chi connectivity index (χ0v) is 26.0. The van der Waals surface area contributed by atoms with E-state index in [0.29, 0.717) is 39.0 Å². The van der Waals surface area contributed by atoms with E-state index in [1.807, 2.05) is 36.4 Å². The highest BCUT2D eigenvalue weighted by atomic mass is 16.4. The number of carbonyl (C=O) groups is 4. The number of nitrogens with zero attached hydrogens (tertiary/aromatic N) is 6. The number of carboxylic acids is 4. The van der Waals surface area contributed by atoms with E-state index < -0.39 is 46.1 Å². The van der Waals surface area contributed by atoms with Crippen LogP contribution in [0.3, 0.4) is 0 Å². The molecule has 4 aromatic carbocycles. The average Bonchev–Trinajstić information content (AvgIpc) is 3.85. The third-order valence-corrected chi connectivity index (χ3v) is 8.84. The Morgan fingerprint density at radius 3 is 1.06 bits per heavy atom. The van der Waals surface area contributed by atoms with Gasteiger partial charge in [-0.15, -0.1) is 0 Å². The van der Waals surface area contributed by atoms with Crippen molar-refractivity contribution in [2.75, 3.05) is 0 Å². The van der Waals surface area contributed by atoms with Gasteiger partial charge < -0.3 is 30.4 Å². The fourth-order valence-electron chi connectivity index (χ4n) is 6.49. The summed E-state index contributed by atoms with van der Waals surface area (Å²) in [4.78, 5) is 83.6. The van der Waals surface area contributed by atoms with Gasteiger partial charge in [0, 0.05) is 43.8 Å². The molecule has 16 heteroatoms. The van der Waals surface area contributed by atoms with Gasteiger partial charge in [-0.2, -0.15) is 0 Å². The maximum absolute atomic E-state index is 12.2. The van der Waals surface area contributed by atoms with Crippen molar-refractivity contribution in [3.63, 3.8) is 0 Å². The monoisotopic (exact) mass is 690 g/mol. The maximum Gasteiger partial charge on any atom is 0.336 e. The Kier molecular flexibility index (Phi) is 6.28. The van der Waals surface area contributed by atoms with Gasteiger partial charge in [0.2, 0.25) is 0 Å². The lowest BCUT2D eigenvalue weighted by molar-refractivity contribution is 0.0651. The van der Waals surface area contributed by atoms with Crippen molar-refractivity contribution in [3.8, 4) is 45.6 Å². The number of aromatic nitrogens is 8. The van der Waals surface area contributed by atoms with Crippen molar-refractivity contribution < 1.29 is 39.6 Å². The van der Waals surface area contributed by atoms with Crippen molar-refractivity contribution in [1.82, 2.24) is 39.9 Å². The molecule has 0 spiro atoms. The molecule has 0 amide bonds. The molecule has 0 atom stereocenters. The van der Waals surface area contributed by atoms with E-state index in [9.17, 15) is 39.6 Å². The fourth-order valence-corrected chi connectivity index (χ4v) is 6.49. The molecule has 2 aliphatic rings. The van der Waals surface area contributed by atoms with E-state index >= 15 is 0 Å². The summed E-state index contributed by atoms with van der Waals surface area (Å²) >= 11 is 0. The van der Waals surface area contributed by atoms with Crippen LogP contribution in [0.25, 0.3) is 89.7 Å². The van der Waals surface area contributed by atoms with E-state index in [1.54, 1.807) is 12.1 Å². The minimum atomic E-state index is -1.50. The Morgan fingerprint density at radius 2 is 0.692 bits per heavy atom. The summed E-state index contributed by atoms with van der Waals surface area (Å²) in [7, 11) is 0. The molecule has 0 unspecified atom stereocenters. The molecule has 0 radical (unpaired) electrons. The van der Waals surface area contributed by atoms with E-state index in [2.05, 4.69) is 19.9 Å². The van der Waals surface area contributed by atoms with Crippen molar-refractivity contribution in [2.45, 2.75) is 0 Å². The lowest BCUT2D eigenvalue weighted by Crippen LogP contribution is -2.08. The van der Waals surface area contributed by atoms with Crippen molar-refractivity contribution in [1.29, 1.82) is 0 Å². The number of rotatable bonds is 4. The van der Waals surface area contributed by atoms with Gasteiger partial charge in [-0.1, -0.05) is 48.5 Å². The number of aromatic amines is 2. The number of aromatic carboxylic acids is 4. The normalized spacial score (nSPS) is 11.7. The molecule has 6 N–H and O–H groups in total. The molecule has 3 aromatic heterocycles. The lowest BCUT2D eigenvalue weighted by Gasteiger charge is -2.05. The quantitative estimate of drug-likeness (QED) is 0.130. The Balaban J connectivity index is 1.51. The van der Waals surface area contributed by atoms with E-state index in [4.69, 9.17) is 19.9 Å². The highest BCUT2D eigenvalue weighted by molar-refractivity contribution is 6.13. The van der Waals surface area contributed by atoms with E-state index in [0.717, 1.165) is 18.2 Å². The summed E-state index contributed by atoms with van der Waals surface area (Å²) < 4.78 is 0. The molecular weight excluding hydrogens is 672 g/mol. The second kappa shape index (κ2) is 10.8. The van der Waals surface area contributed by atoms with Crippen LogP contribution >= 0.6 is 0 Å². The molecule has 9 rings (SSSR count). The van der Waals surface area contributed by atoms with Crippen LogP contribution in [0.2, 0.25) is 0 Å². The predicted molar refractivity (Wildman–Crippen MR) is 184 cm³/mol.